The van der Waals surface area contributed by atoms with Crippen LogP contribution < -0.4 is 11.1 Å². The Labute approximate surface area is 115 Å². The van der Waals surface area contributed by atoms with Gasteiger partial charge in [-0.05, 0) is 40.5 Å². The maximum atomic E-state index is 12.0. The molecule has 1 amide bonds. The molecule has 1 atom stereocenters. The lowest BCUT2D eigenvalue weighted by Gasteiger charge is -2.48. The molecule has 4 N–H and O–H groups in total. The minimum absolute atomic E-state index is 0.164. The predicted octanol–water partition coefficient (Wildman–Crippen LogP) is 1.92. The molecule has 1 aliphatic carbocycles. The number of amides is 1. The maximum Gasteiger partial charge on any atom is 0.408 e. The van der Waals surface area contributed by atoms with Crippen molar-refractivity contribution < 1.29 is 14.6 Å². The first-order valence-electron chi connectivity index (χ1n) is 7.03. The van der Waals surface area contributed by atoms with Crippen molar-refractivity contribution in [3.8, 4) is 0 Å². The summed E-state index contributed by atoms with van der Waals surface area (Å²) in [6.45, 7) is 7.11. The van der Waals surface area contributed by atoms with Crippen LogP contribution in [0.3, 0.4) is 0 Å². The number of nitrogens with two attached hydrogens (primary N) is 1. The van der Waals surface area contributed by atoms with Crippen LogP contribution in [-0.2, 0) is 4.74 Å². The highest BCUT2D eigenvalue weighted by Crippen LogP contribution is 2.35. The summed E-state index contributed by atoms with van der Waals surface area (Å²) in [6, 6.07) is 0. The normalized spacial score (nSPS) is 22.4. The Morgan fingerprint density at radius 3 is 2.21 bits per heavy atom. The molecule has 0 aliphatic heterocycles. The SMILES string of the molecule is CC(C)(C)OC(=O)NC1(C(C)(N)CO)CCCCC1. The Balaban J connectivity index is 2.84. The van der Waals surface area contributed by atoms with E-state index in [-0.39, 0.29) is 6.61 Å². The Bertz CT molecular complexity index is 315. The van der Waals surface area contributed by atoms with Gasteiger partial charge in [0.25, 0.3) is 0 Å². The molecule has 1 saturated carbocycles. The van der Waals surface area contributed by atoms with E-state index in [0.29, 0.717) is 0 Å². The average molecular weight is 272 g/mol. The van der Waals surface area contributed by atoms with Crippen LogP contribution in [0.15, 0.2) is 0 Å². The summed E-state index contributed by atoms with van der Waals surface area (Å²) >= 11 is 0. The number of rotatable bonds is 3. The minimum Gasteiger partial charge on any atom is -0.444 e. The predicted molar refractivity (Wildman–Crippen MR) is 74.9 cm³/mol. The second-order valence-electron chi connectivity index (χ2n) is 6.85. The largest absolute Gasteiger partial charge is 0.444 e. The van der Waals surface area contributed by atoms with Crippen LogP contribution in [0.25, 0.3) is 0 Å². The Morgan fingerprint density at radius 1 is 1.26 bits per heavy atom. The zero-order valence-corrected chi connectivity index (χ0v) is 12.6. The molecule has 0 saturated heterocycles. The van der Waals surface area contributed by atoms with Gasteiger partial charge in [0.15, 0.2) is 0 Å². The van der Waals surface area contributed by atoms with Gasteiger partial charge in [-0.15, -0.1) is 0 Å². The van der Waals surface area contributed by atoms with E-state index in [9.17, 15) is 9.90 Å². The maximum absolute atomic E-state index is 12.0. The van der Waals surface area contributed by atoms with E-state index in [1.54, 1.807) is 6.92 Å². The quantitative estimate of drug-likeness (QED) is 0.733. The molecule has 1 rings (SSSR count). The summed E-state index contributed by atoms with van der Waals surface area (Å²) < 4.78 is 5.32. The lowest BCUT2D eigenvalue weighted by molar-refractivity contribution is 0.0237. The lowest BCUT2D eigenvalue weighted by Crippen LogP contribution is -2.70. The third kappa shape index (κ3) is 4.08. The first-order valence-corrected chi connectivity index (χ1v) is 7.03. The van der Waals surface area contributed by atoms with Gasteiger partial charge >= 0.3 is 6.09 Å². The van der Waals surface area contributed by atoms with Crippen LogP contribution >= 0.6 is 0 Å². The molecule has 0 aromatic rings. The minimum atomic E-state index is -0.843. The van der Waals surface area contributed by atoms with E-state index in [0.717, 1.165) is 32.1 Å². The van der Waals surface area contributed by atoms with Crippen molar-refractivity contribution in [2.75, 3.05) is 6.61 Å². The van der Waals surface area contributed by atoms with E-state index >= 15 is 0 Å². The molecule has 19 heavy (non-hydrogen) atoms. The van der Waals surface area contributed by atoms with E-state index in [1.807, 2.05) is 20.8 Å². The van der Waals surface area contributed by atoms with E-state index in [1.165, 1.54) is 0 Å². The topological polar surface area (TPSA) is 84.6 Å². The number of aliphatic hydroxyl groups excluding tert-OH is 1. The molecule has 1 aliphatic rings. The Hall–Kier alpha value is -0.810. The van der Waals surface area contributed by atoms with Crippen molar-refractivity contribution in [1.29, 1.82) is 0 Å². The van der Waals surface area contributed by atoms with Crippen LogP contribution in [0.5, 0.6) is 0 Å². The van der Waals surface area contributed by atoms with Gasteiger partial charge in [0, 0.05) is 0 Å². The molecule has 0 heterocycles. The van der Waals surface area contributed by atoms with Crippen molar-refractivity contribution in [2.45, 2.75) is 76.5 Å². The highest BCUT2D eigenvalue weighted by molar-refractivity contribution is 5.69. The third-order valence-electron chi connectivity index (χ3n) is 3.87. The van der Waals surface area contributed by atoms with Gasteiger partial charge < -0.3 is 20.9 Å². The number of alkyl carbamates (subject to hydrolysis) is 1. The molecule has 0 spiro atoms. The smallest absolute Gasteiger partial charge is 0.408 e. The van der Waals surface area contributed by atoms with Gasteiger partial charge in [0.1, 0.15) is 5.60 Å². The number of hydrogen-bond acceptors (Lipinski definition) is 4. The van der Waals surface area contributed by atoms with Gasteiger partial charge in [0.2, 0.25) is 0 Å². The van der Waals surface area contributed by atoms with Crippen molar-refractivity contribution >= 4 is 6.09 Å². The van der Waals surface area contributed by atoms with Gasteiger partial charge in [-0.1, -0.05) is 19.3 Å². The van der Waals surface area contributed by atoms with Crippen LogP contribution in [0, 0.1) is 0 Å². The van der Waals surface area contributed by atoms with Gasteiger partial charge in [-0.25, -0.2) is 4.79 Å². The molecular formula is C14H28N2O3. The second kappa shape index (κ2) is 5.67. The highest BCUT2D eigenvalue weighted by atomic mass is 16.6. The standard InChI is InChI=1S/C14H28N2O3/c1-12(2,3)19-11(18)16-14(13(4,15)10-17)8-6-5-7-9-14/h17H,5-10,15H2,1-4H3,(H,16,18). The molecule has 0 bridgehead atoms. The molecule has 1 unspecified atom stereocenters. The van der Waals surface area contributed by atoms with Crippen LogP contribution in [0.4, 0.5) is 4.79 Å². The summed E-state index contributed by atoms with van der Waals surface area (Å²) in [6.07, 6.45) is 4.24. The van der Waals surface area contributed by atoms with E-state index in [2.05, 4.69) is 5.32 Å². The summed E-state index contributed by atoms with van der Waals surface area (Å²) in [5.74, 6) is 0. The van der Waals surface area contributed by atoms with Gasteiger partial charge in [-0.2, -0.15) is 0 Å². The number of nitrogens with one attached hydrogen (secondary N) is 1. The number of hydrogen-bond donors (Lipinski definition) is 3. The number of carbonyl (C=O) groups excluding carboxylic acids is 1. The summed E-state index contributed by atoms with van der Waals surface area (Å²) in [7, 11) is 0. The fourth-order valence-corrected chi connectivity index (χ4v) is 2.64. The zero-order valence-electron chi connectivity index (χ0n) is 12.6. The fourth-order valence-electron chi connectivity index (χ4n) is 2.64. The van der Waals surface area contributed by atoms with Gasteiger partial charge in [0.05, 0.1) is 17.7 Å². The lowest BCUT2D eigenvalue weighted by atomic mass is 9.69. The molecule has 0 aromatic heterocycles. The Morgan fingerprint density at radius 2 is 1.79 bits per heavy atom. The van der Waals surface area contributed by atoms with Crippen LogP contribution in [0.1, 0.15) is 59.8 Å². The van der Waals surface area contributed by atoms with Gasteiger partial charge in [-0.3, -0.25) is 0 Å². The van der Waals surface area contributed by atoms with Crippen molar-refractivity contribution in [1.82, 2.24) is 5.32 Å². The zero-order chi connectivity index (χ0) is 14.7. The molecule has 5 nitrogen and oxygen atoms in total. The number of ether oxygens (including phenoxy) is 1. The molecule has 1 fully saturated rings. The first kappa shape index (κ1) is 16.2. The average Bonchev–Trinajstić information content (AvgIpc) is 2.27. The van der Waals surface area contributed by atoms with E-state index in [4.69, 9.17) is 10.5 Å². The first-order chi connectivity index (χ1) is 8.62. The van der Waals surface area contributed by atoms with Crippen LogP contribution in [0.2, 0.25) is 0 Å². The van der Waals surface area contributed by atoms with Crippen molar-refractivity contribution in [2.24, 2.45) is 5.73 Å². The molecule has 0 radical (unpaired) electrons. The number of aliphatic hydroxyl groups is 1. The summed E-state index contributed by atoms with van der Waals surface area (Å²) in [5.41, 5.74) is 4.26. The summed E-state index contributed by atoms with van der Waals surface area (Å²) in [4.78, 5) is 12.0. The number of carbonyl (C=O) groups is 1. The van der Waals surface area contributed by atoms with Crippen molar-refractivity contribution in [3.05, 3.63) is 0 Å². The molecule has 5 heteroatoms. The second-order valence-corrected chi connectivity index (χ2v) is 6.85. The third-order valence-corrected chi connectivity index (χ3v) is 3.87. The fraction of sp³-hybridized carbons (Fsp3) is 0.929. The summed E-state index contributed by atoms with van der Waals surface area (Å²) in [5, 5.41) is 12.5. The monoisotopic (exact) mass is 272 g/mol. The van der Waals surface area contributed by atoms with Crippen molar-refractivity contribution in [3.63, 3.8) is 0 Å². The highest BCUT2D eigenvalue weighted by Gasteiger charge is 2.47. The Kier molecular flexibility index (Phi) is 4.85. The van der Waals surface area contributed by atoms with E-state index < -0.39 is 22.8 Å². The molecule has 112 valence electrons. The molecular weight excluding hydrogens is 244 g/mol. The molecule has 0 aromatic carbocycles. The van der Waals surface area contributed by atoms with Crippen LogP contribution in [-0.4, -0.2) is 34.5 Å².